The van der Waals surface area contributed by atoms with E-state index in [0.717, 1.165) is 26.2 Å². The molecule has 6 heteroatoms. The van der Waals surface area contributed by atoms with Gasteiger partial charge in [0, 0.05) is 5.56 Å². The first kappa shape index (κ1) is 13.2. The summed E-state index contributed by atoms with van der Waals surface area (Å²) in [5.41, 5.74) is -1.88. The van der Waals surface area contributed by atoms with E-state index in [1.54, 1.807) is 0 Å². The third kappa shape index (κ3) is 2.83. The molecule has 1 aromatic rings. The Labute approximate surface area is 95.2 Å². The maximum Gasteiger partial charge on any atom is 0.417 e. The lowest BCUT2D eigenvalue weighted by molar-refractivity contribution is -0.138. The predicted molar refractivity (Wildman–Crippen MR) is 52.8 cm³/mol. The minimum atomic E-state index is -4.71. The SMILES string of the molecule is COC(=O)c1ccc(C(C)=O)cc1C(F)(F)F. The van der Waals surface area contributed by atoms with E-state index < -0.39 is 29.1 Å². The Hall–Kier alpha value is -1.85. The molecule has 0 spiro atoms. The molecule has 92 valence electrons. The van der Waals surface area contributed by atoms with Gasteiger partial charge in [-0.1, -0.05) is 6.07 Å². The minimum absolute atomic E-state index is 0.107. The standard InChI is InChI=1S/C11H9F3O3/c1-6(15)7-3-4-8(10(16)17-2)9(5-7)11(12,13)14/h3-5H,1-2H3. The van der Waals surface area contributed by atoms with Crippen LogP contribution in [0.5, 0.6) is 0 Å². The van der Waals surface area contributed by atoms with E-state index in [-0.39, 0.29) is 5.56 Å². The lowest BCUT2D eigenvalue weighted by Gasteiger charge is -2.12. The zero-order valence-corrected chi connectivity index (χ0v) is 9.09. The summed E-state index contributed by atoms with van der Waals surface area (Å²) in [5, 5.41) is 0. The first-order valence-electron chi connectivity index (χ1n) is 4.58. The van der Waals surface area contributed by atoms with Crippen molar-refractivity contribution in [2.24, 2.45) is 0 Å². The van der Waals surface area contributed by atoms with Gasteiger partial charge in [0.15, 0.2) is 5.78 Å². The van der Waals surface area contributed by atoms with Crippen LogP contribution in [0.3, 0.4) is 0 Å². The lowest BCUT2D eigenvalue weighted by atomic mass is 10.0. The highest BCUT2D eigenvalue weighted by Gasteiger charge is 2.36. The molecular formula is C11H9F3O3. The van der Waals surface area contributed by atoms with E-state index in [1.165, 1.54) is 0 Å². The van der Waals surface area contributed by atoms with Crippen LogP contribution in [-0.4, -0.2) is 18.9 Å². The molecule has 0 aliphatic carbocycles. The van der Waals surface area contributed by atoms with E-state index in [9.17, 15) is 22.8 Å². The monoisotopic (exact) mass is 246 g/mol. The Morgan fingerprint density at radius 1 is 1.24 bits per heavy atom. The number of rotatable bonds is 2. The van der Waals surface area contributed by atoms with Gasteiger partial charge in [-0.15, -0.1) is 0 Å². The van der Waals surface area contributed by atoms with Crippen LogP contribution in [0.15, 0.2) is 18.2 Å². The van der Waals surface area contributed by atoms with Crippen molar-refractivity contribution < 1.29 is 27.5 Å². The minimum Gasteiger partial charge on any atom is -0.465 e. The fraction of sp³-hybridized carbons (Fsp3) is 0.273. The zero-order valence-electron chi connectivity index (χ0n) is 9.09. The Morgan fingerprint density at radius 2 is 1.82 bits per heavy atom. The van der Waals surface area contributed by atoms with Crippen molar-refractivity contribution in [3.05, 3.63) is 34.9 Å². The van der Waals surface area contributed by atoms with E-state index in [1.807, 2.05) is 0 Å². The molecule has 0 fully saturated rings. The number of alkyl halides is 3. The molecule has 0 bridgehead atoms. The van der Waals surface area contributed by atoms with E-state index in [4.69, 9.17) is 0 Å². The Balaban J connectivity index is 3.42. The van der Waals surface area contributed by atoms with Gasteiger partial charge in [-0.05, 0) is 19.1 Å². The molecule has 0 unspecified atom stereocenters. The van der Waals surface area contributed by atoms with E-state index in [2.05, 4.69) is 4.74 Å². The average molecular weight is 246 g/mol. The summed E-state index contributed by atoms with van der Waals surface area (Å²) in [7, 11) is 0.987. The number of methoxy groups -OCH3 is 1. The van der Waals surface area contributed by atoms with Crippen LogP contribution in [0, 0.1) is 0 Å². The van der Waals surface area contributed by atoms with E-state index >= 15 is 0 Å². The molecule has 1 rings (SSSR count). The van der Waals surface area contributed by atoms with Crippen LogP contribution >= 0.6 is 0 Å². The van der Waals surface area contributed by atoms with Gasteiger partial charge in [0.25, 0.3) is 0 Å². The number of ether oxygens (including phenoxy) is 1. The molecule has 0 saturated heterocycles. The van der Waals surface area contributed by atoms with Crippen molar-refractivity contribution in [3.63, 3.8) is 0 Å². The smallest absolute Gasteiger partial charge is 0.417 e. The maximum absolute atomic E-state index is 12.7. The number of carbonyl (C=O) groups excluding carboxylic acids is 2. The van der Waals surface area contributed by atoms with Gasteiger partial charge in [-0.2, -0.15) is 13.2 Å². The van der Waals surface area contributed by atoms with Crippen LogP contribution in [0.4, 0.5) is 13.2 Å². The number of ketones is 1. The zero-order chi connectivity index (χ0) is 13.2. The molecular weight excluding hydrogens is 237 g/mol. The highest BCUT2D eigenvalue weighted by atomic mass is 19.4. The molecule has 0 aliphatic heterocycles. The number of hydrogen-bond donors (Lipinski definition) is 0. The van der Waals surface area contributed by atoms with Gasteiger partial charge >= 0.3 is 12.1 Å². The Bertz CT molecular complexity index is 464. The fourth-order valence-corrected chi connectivity index (χ4v) is 1.29. The molecule has 3 nitrogen and oxygen atoms in total. The number of Topliss-reactive ketones (excluding diaryl/α,β-unsaturated/α-hetero) is 1. The van der Waals surface area contributed by atoms with Crippen molar-refractivity contribution in [1.29, 1.82) is 0 Å². The van der Waals surface area contributed by atoms with Gasteiger partial charge in [0.05, 0.1) is 18.2 Å². The summed E-state index contributed by atoms with van der Waals surface area (Å²) in [6.07, 6.45) is -4.71. The first-order chi connectivity index (χ1) is 7.77. The summed E-state index contributed by atoms with van der Waals surface area (Å²) >= 11 is 0. The molecule has 0 heterocycles. The summed E-state index contributed by atoms with van der Waals surface area (Å²) < 4.78 is 42.3. The van der Waals surface area contributed by atoms with Crippen LogP contribution < -0.4 is 0 Å². The van der Waals surface area contributed by atoms with E-state index in [0.29, 0.717) is 6.07 Å². The van der Waals surface area contributed by atoms with Gasteiger partial charge in [0.2, 0.25) is 0 Å². The van der Waals surface area contributed by atoms with Crippen molar-refractivity contribution in [2.75, 3.05) is 7.11 Å². The average Bonchev–Trinajstić information content (AvgIpc) is 2.26. The highest BCUT2D eigenvalue weighted by Crippen LogP contribution is 2.33. The molecule has 1 aromatic carbocycles. The second-order valence-corrected chi connectivity index (χ2v) is 3.31. The van der Waals surface area contributed by atoms with Crippen LogP contribution in [0.1, 0.15) is 33.2 Å². The molecule has 0 N–H and O–H groups in total. The first-order valence-corrected chi connectivity index (χ1v) is 4.58. The Kier molecular flexibility index (Phi) is 3.55. The molecule has 0 atom stereocenters. The van der Waals surface area contributed by atoms with Gasteiger partial charge in [-0.3, -0.25) is 4.79 Å². The topological polar surface area (TPSA) is 43.4 Å². The summed E-state index contributed by atoms with van der Waals surface area (Å²) in [6.45, 7) is 1.15. The van der Waals surface area contributed by atoms with Gasteiger partial charge in [0.1, 0.15) is 0 Å². The quantitative estimate of drug-likeness (QED) is 0.595. The number of hydrogen-bond acceptors (Lipinski definition) is 3. The Morgan fingerprint density at radius 3 is 2.24 bits per heavy atom. The molecule has 0 radical (unpaired) electrons. The second-order valence-electron chi connectivity index (χ2n) is 3.31. The van der Waals surface area contributed by atoms with Gasteiger partial charge in [-0.25, -0.2) is 4.79 Å². The molecule has 0 aromatic heterocycles. The highest BCUT2D eigenvalue weighted by molar-refractivity contribution is 5.97. The predicted octanol–water partition coefficient (Wildman–Crippen LogP) is 2.69. The third-order valence-corrected chi connectivity index (χ3v) is 2.14. The largest absolute Gasteiger partial charge is 0.465 e. The number of halogens is 3. The van der Waals surface area contributed by atoms with Crippen molar-refractivity contribution >= 4 is 11.8 Å². The third-order valence-electron chi connectivity index (χ3n) is 2.14. The molecule has 0 saturated carbocycles. The molecule has 0 aliphatic rings. The molecule has 0 amide bonds. The number of carbonyl (C=O) groups is 2. The van der Waals surface area contributed by atoms with Crippen LogP contribution in [0.25, 0.3) is 0 Å². The molecule has 17 heavy (non-hydrogen) atoms. The fourth-order valence-electron chi connectivity index (χ4n) is 1.29. The maximum atomic E-state index is 12.7. The number of esters is 1. The second kappa shape index (κ2) is 4.57. The number of benzene rings is 1. The van der Waals surface area contributed by atoms with Crippen molar-refractivity contribution in [1.82, 2.24) is 0 Å². The summed E-state index contributed by atoms with van der Waals surface area (Å²) in [4.78, 5) is 22.1. The van der Waals surface area contributed by atoms with Crippen molar-refractivity contribution in [3.8, 4) is 0 Å². The normalized spacial score (nSPS) is 11.1. The lowest BCUT2D eigenvalue weighted by Crippen LogP contribution is -2.15. The van der Waals surface area contributed by atoms with Crippen molar-refractivity contribution in [2.45, 2.75) is 13.1 Å². The summed E-state index contributed by atoms with van der Waals surface area (Å²) in [6, 6.07) is 2.74. The van der Waals surface area contributed by atoms with Crippen LogP contribution in [-0.2, 0) is 10.9 Å². The van der Waals surface area contributed by atoms with Crippen LogP contribution in [0.2, 0.25) is 0 Å². The summed E-state index contributed by atoms with van der Waals surface area (Å²) in [5.74, 6) is -1.60. The van der Waals surface area contributed by atoms with Gasteiger partial charge < -0.3 is 4.74 Å².